The van der Waals surface area contributed by atoms with E-state index in [1.54, 1.807) is 7.05 Å². The van der Waals surface area contributed by atoms with Crippen molar-refractivity contribution in [2.24, 2.45) is 4.99 Å². The number of guanidine groups is 1. The highest BCUT2D eigenvalue weighted by Gasteiger charge is 2.41. The van der Waals surface area contributed by atoms with Gasteiger partial charge in [0.1, 0.15) is 0 Å². The number of hydrogen-bond donors (Lipinski definition) is 3. The Morgan fingerprint density at radius 3 is 2.88 bits per heavy atom. The van der Waals surface area contributed by atoms with Crippen LogP contribution in [-0.4, -0.2) is 43.2 Å². The Morgan fingerprint density at radius 2 is 2.23 bits per heavy atom. The molecule has 4 atom stereocenters. The van der Waals surface area contributed by atoms with Crippen LogP contribution in [0.25, 0.3) is 0 Å². The fourth-order valence-corrected chi connectivity index (χ4v) is 3.58. The molecule has 2 fully saturated rings. The summed E-state index contributed by atoms with van der Waals surface area (Å²) in [6, 6.07) is 8.23. The molecule has 1 aromatic carbocycles. The molecule has 0 radical (unpaired) electrons. The highest BCUT2D eigenvalue weighted by Crippen LogP contribution is 2.34. The van der Waals surface area contributed by atoms with Gasteiger partial charge in [-0.3, -0.25) is 9.79 Å². The molecule has 2 heterocycles. The van der Waals surface area contributed by atoms with Crippen molar-refractivity contribution in [3.8, 4) is 0 Å². The van der Waals surface area contributed by atoms with Crippen LogP contribution in [0.15, 0.2) is 29.3 Å². The van der Waals surface area contributed by atoms with Crippen molar-refractivity contribution >= 4 is 11.9 Å². The highest BCUT2D eigenvalue weighted by molar-refractivity contribution is 5.94. The van der Waals surface area contributed by atoms with E-state index in [0.717, 1.165) is 30.8 Å². The van der Waals surface area contributed by atoms with Crippen LogP contribution >= 0.6 is 0 Å². The van der Waals surface area contributed by atoms with E-state index in [2.05, 4.69) is 27.9 Å². The number of fused-ring (bicyclic) bond motifs is 2. The Balaban J connectivity index is 1.53. The molecule has 142 valence electrons. The van der Waals surface area contributed by atoms with E-state index in [-0.39, 0.29) is 11.9 Å². The fraction of sp³-hybridized carbons (Fsp3) is 0.600. The Bertz CT molecular complexity index is 661. The molecule has 0 saturated carbocycles. The second kappa shape index (κ2) is 8.54. The Kier molecular flexibility index (Phi) is 6.14. The summed E-state index contributed by atoms with van der Waals surface area (Å²) in [5.74, 6) is 0.753. The molecule has 26 heavy (non-hydrogen) atoms. The summed E-state index contributed by atoms with van der Waals surface area (Å²) in [4.78, 5) is 16.6. The van der Waals surface area contributed by atoms with E-state index in [1.165, 1.54) is 6.42 Å². The number of ether oxygens (including phenoxy) is 1. The first kappa shape index (κ1) is 18.7. The minimum atomic E-state index is -0.0252. The smallest absolute Gasteiger partial charge is 0.251 e. The molecular weight excluding hydrogens is 328 g/mol. The number of carbonyl (C=O) groups is 1. The minimum absolute atomic E-state index is 0.0252. The zero-order chi connectivity index (χ0) is 18.5. The van der Waals surface area contributed by atoms with Crippen LogP contribution in [0.4, 0.5) is 0 Å². The maximum Gasteiger partial charge on any atom is 0.251 e. The first-order chi connectivity index (χ1) is 12.6. The summed E-state index contributed by atoms with van der Waals surface area (Å²) in [6.07, 6.45) is 5.01. The molecule has 4 unspecified atom stereocenters. The van der Waals surface area contributed by atoms with Crippen LogP contribution in [-0.2, 0) is 11.3 Å². The van der Waals surface area contributed by atoms with Gasteiger partial charge in [0, 0.05) is 25.2 Å². The molecule has 1 aromatic rings. The van der Waals surface area contributed by atoms with Crippen LogP contribution in [0.1, 0.15) is 55.5 Å². The average Bonchev–Trinajstić information content (AvgIpc) is 3.28. The quantitative estimate of drug-likeness (QED) is 0.538. The van der Waals surface area contributed by atoms with Crippen LogP contribution in [0.5, 0.6) is 0 Å². The lowest BCUT2D eigenvalue weighted by Gasteiger charge is -2.22. The average molecular weight is 358 g/mol. The van der Waals surface area contributed by atoms with Crippen LogP contribution in [0.3, 0.4) is 0 Å². The number of rotatable bonds is 6. The van der Waals surface area contributed by atoms with Crippen molar-refractivity contribution in [1.82, 2.24) is 16.0 Å². The maximum atomic E-state index is 12.3. The second-order valence-corrected chi connectivity index (χ2v) is 7.27. The first-order valence-electron chi connectivity index (χ1n) is 9.61. The van der Waals surface area contributed by atoms with Crippen molar-refractivity contribution in [2.75, 3.05) is 7.05 Å². The van der Waals surface area contributed by atoms with Crippen molar-refractivity contribution < 1.29 is 9.53 Å². The predicted octanol–water partition coefficient (Wildman–Crippen LogP) is 2.20. The number of carbonyl (C=O) groups excluding carboxylic acids is 1. The van der Waals surface area contributed by atoms with Crippen LogP contribution < -0.4 is 16.0 Å². The third-order valence-electron chi connectivity index (χ3n) is 5.29. The van der Waals surface area contributed by atoms with Crippen molar-refractivity contribution in [3.63, 3.8) is 0 Å². The minimum Gasteiger partial charge on any atom is -0.373 e. The summed E-state index contributed by atoms with van der Waals surface area (Å²) in [7, 11) is 1.78. The molecule has 2 bridgehead atoms. The monoisotopic (exact) mass is 358 g/mol. The largest absolute Gasteiger partial charge is 0.373 e. The number of amides is 1. The van der Waals surface area contributed by atoms with Gasteiger partial charge in [0.2, 0.25) is 0 Å². The number of hydrogen-bond acceptors (Lipinski definition) is 3. The topological polar surface area (TPSA) is 74.8 Å². The summed E-state index contributed by atoms with van der Waals surface area (Å²) in [5.41, 5.74) is 1.74. The predicted molar refractivity (Wildman–Crippen MR) is 103 cm³/mol. The van der Waals surface area contributed by atoms with Gasteiger partial charge in [-0.25, -0.2) is 0 Å². The molecule has 3 N–H and O–H groups in total. The summed E-state index contributed by atoms with van der Waals surface area (Å²) in [5, 5.41) is 9.82. The van der Waals surface area contributed by atoms with Gasteiger partial charge in [-0.2, -0.15) is 0 Å². The van der Waals surface area contributed by atoms with E-state index < -0.39 is 0 Å². The lowest BCUT2D eigenvalue weighted by molar-refractivity contribution is 0.0939. The molecule has 0 aromatic heterocycles. The number of nitrogens with one attached hydrogen (secondary N) is 3. The zero-order valence-electron chi connectivity index (χ0n) is 15.9. The van der Waals surface area contributed by atoms with Crippen LogP contribution in [0.2, 0.25) is 0 Å². The normalized spacial score (nSPS) is 25.8. The summed E-state index contributed by atoms with van der Waals surface area (Å²) in [6.45, 7) is 4.69. The van der Waals surface area contributed by atoms with E-state index in [1.807, 2.05) is 31.2 Å². The molecule has 2 saturated heterocycles. The van der Waals surface area contributed by atoms with Gasteiger partial charge < -0.3 is 20.7 Å². The molecule has 0 aliphatic carbocycles. The van der Waals surface area contributed by atoms with Gasteiger partial charge in [-0.05, 0) is 50.3 Å². The van der Waals surface area contributed by atoms with Crippen molar-refractivity contribution in [2.45, 2.75) is 70.4 Å². The molecule has 6 nitrogen and oxygen atoms in total. The standard InChI is InChI=1S/C20H30N4O2/c1-4-13(2)23-19(25)15-7-5-6-14(10-15)12-22-20(21-3)24-17-11-16-8-9-18(17)26-16/h5-7,10,13,16-18H,4,8-9,11-12H2,1-3H3,(H,23,25)(H2,21,22,24). The van der Waals surface area contributed by atoms with Gasteiger partial charge in [-0.1, -0.05) is 19.1 Å². The van der Waals surface area contributed by atoms with E-state index in [4.69, 9.17) is 4.74 Å². The molecule has 2 aliphatic heterocycles. The molecule has 6 heteroatoms. The van der Waals surface area contributed by atoms with Gasteiger partial charge in [0.25, 0.3) is 5.91 Å². The highest BCUT2D eigenvalue weighted by atomic mass is 16.5. The SMILES string of the molecule is CCC(C)NC(=O)c1cccc(CNC(=NC)NC2CC3CCC2O3)c1. The Morgan fingerprint density at radius 1 is 1.38 bits per heavy atom. The molecule has 0 spiro atoms. The summed E-state index contributed by atoms with van der Waals surface area (Å²) < 4.78 is 5.89. The van der Waals surface area contributed by atoms with E-state index >= 15 is 0 Å². The Hall–Kier alpha value is -2.08. The van der Waals surface area contributed by atoms with E-state index in [0.29, 0.717) is 30.4 Å². The number of benzene rings is 1. The van der Waals surface area contributed by atoms with Gasteiger partial charge in [-0.15, -0.1) is 0 Å². The number of nitrogens with zero attached hydrogens (tertiary/aromatic N) is 1. The Labute approximate surface area is 155 Å². The van der Waals surface area contributed by atoms with Gasteiger partial charge in [0.15, 0.2) is 5.96 Å². The van der Waals surface area contributed by atoms with Gasteiger partial charge >= 0.3 is 0 Å². The van der Waals surface area contributed by atoms with Gasteiger partial charge in [0.05, 0.1) is 18.2 Å². The molecule has 2 aliphatic rings. The van der Waals surface area contributed by atoms with Crippen molar-refractivity contribution in [1.29, 1.82) is 0 Å². The zero-order valence-corrected chi connectivity index (χ0v) is 15.9. The molecule has 3 rings (SSSR count). The second-order valence-electron chi connectivity index (χ2n) is 7.27. The number of aliphatic imine (C=N–C) groups is 1. The summed E-state index contributed by atoms with van der Waals surface area (Å²) >= 11 is 0. The third-order valence-corrected chi connectivity index (χ3v) is 5.29. The lowest BCUT2D eigenvalue weighted by atomic mass is 9.96. The van der Waals surface area contributed by atoms with Crippen LogP contribution in [0, 0.1) is 0 Å². The first-order valence-corrected chi connectivity index (χ1v) is 9.61. The fourth-order valence-electron chi connectivity index (χ4n) is 3.58. The third kappa shape index (κ3) is 4.55. The maximum absolute atomic E-state index is 12.3. The van der Waals surface area contributed by atoms with E-state index in [9.17, 15) is 4.79 Å². The molecular formula is C20H30N4O2. The van der Waals surface area contributed by atoms with Crippen molar-refractivity contribution in [3.05, 3.63) is 35.4 Å². The molecule has 1 amide bonds. The lowest BCUT2D eigenvalue weighted by Crippen LogP contribution is -2.47.